The van der Waals surface area contributed by atoms with Crippen molar-refractivity contribution in [3.8, 4) is 0 Å². The monoisotopic (exact) mass is 318 g/mol. The number of hydrogen-bond acceptors (Lipinski definition) is 3. The van der Waals surface area contributed by atoms with Gasteiger partial charge in [0.25, 0.3) is 0 Å². The molecule has 4 nitrogen and oxygen atoms in total. The Morgan fingerprint density at radius 3 is 2.05 bits per heavy atom. The second-order valence-electron chi connectivity index (χ2n) is 4.71. The van der Waals surface area contributed by atoms with Crippen molar-refractivity contribution in [2.75, 3.05) is 0 Å². The van der Waals surface area contributed by atoms with Gasteiger partial charge in [-0.05, 0) is 25.0 Å². The fourth-order valence-electron chi connectivity index (χ4n) is 2.12. The van der Waals surface area contributed by atoms with Crippen molar-refractivity contribution < 1.29 is 17.2 Å². The average Bonchev–Trinajstić information content (AvgIpc) is 2.43. The van der Waals surface area contributed by atoms with Gasteiger partial charge in [0.05, 0.1) is 11.0 Å². The fourth-order valence-corrected chi connectivity index (χ4v) is 2.84. The predicted molar refractivity (Wildman–Crippen MR) is 82.2 cm³/mol. The fraction of sp³-hybridized carbons (Fsp3) is 0.571. The molecule has 0 spiro atoms. The summed E-state index contributed by atoms with van der Waals surface area (Å²) in [5.74, 6) is 0. The molecule has 1 aromatic rings. The van der Waals surface area contributed by atoms with Crippen LogP contribution in [0.25, 0.3) is 0 Å². The van der Waals surface area contributed by atoms with Crippen molar-refractivity contribution in [2.24, 2.45) is 0 Å². The van der Waals surface area contributed by atoms with Crippen molar-refractivity contribution in [3.63, 3.8) is 0 Å². The van der Waals surface area contributed by atoms with Gasteiger partial charge in [0, 0.05) is 0 Å². The van der Waals surface area contributed by atoms with Crippen LogP contribution in [-0.2, 0) is 27.2 Å². The van der Waals surface area contributed by atoms with E-state index in [9.17, 15) is 8.42 Å². The molecule has 1 saturated carbocycles. The van der Waals surface area contributed by atoms with Crippen molar-refractivity contribution in [2.45, 2.75) is 55.9 Å². The summed E-state index contributed by atoms with van der Waals surface area (Å²) in [5, 5.41) is 0. The van der Waals surface area contributed by atoms with Gasteiger partial charge in [0.2, 0.25) is 0 Å². The molecule has 1 aliphatic rings. The smallest absolute Gasteiger partial charge is 0.186 e. The van der Waals surface area contributed by atoms with Crippen LogP contribution in [0, 0.1) is 0 Å². The summed E-state index contributed by atoms with van der Waals surface area (Å²) in [4.78, 5) is 0.442. The van der Waals surface area contributed by atoms with Crippen LogP contribution in [0.2, 0.25) is 0 Å². The molecular formula is C14H22O4S2. The largest absolute Gasteiger partial charge is 0.302 e. The van der Waals surface area contributed by atoms with E-state index in [1.807, 2.05) is 0 Å². The number of thiol groups is 1. The van der Waals surface area contributed by atoms with E-state index >= 15 is 0 Å². The standard InChI is InChI=1S/C8H16O2S.C6H6O2S/c9-11-10-8-6-4-2-1-3-5-7-8;7-9(8)6-4-2-1-3-5-6/h8,11H,1-7H2;1-5H,(H,7,8). The van der Waals surface area contributed by atoms with Crippen LogP contribution < -0.4 is 0 Å². The topological polar surface area (TPSA) is 63.6 Å². The maximum absolute atomic E-state index is 10.3. The van der Waals surface area contributed by atoms with Crippen LogP contribution in [0.1, 0.15) is 44.9 Å². The summed E-state index contributed by atoms with van der Waals surface area (Å²) in [7, 11) is 0. The van der Waals surface area contributed by atoms with E-state index < -0.39 is 11.1 Å². The SMILES string of the molecule is O=S(O)c1ccccc1.O=[SH]OC1CCCCCCC1. The van der Waals surface area contributed by atoms with E-state index in [0.29, 0.717) is 4.90 Å². The van der Waals surface area contributed by atoms with E-state index in [-0.39, 0.29) is 18.1 Å². The summed E-state index contributed by atoms with van der Waals surface area (Å²) in [6.07, 6.45) is 8.91. The number of hydrogen-bond donors (Lipinski definition) is 2. The van der Waals surface area contributed by atoms with Gasteiger partial charge in [-0.15, -0.1) is 0 Å². The molecular weight excluding hydrogens is 296 g/mol. The lowest BCUT2D eigenvalue weighted by Gasteiger charge is -2.16. The Kier molecular flexibility index (Phi) is 9.74. The zero-order chi connectivity index (χ0) is 14.6. The Balaban J connectivity index is 0.000000204. The normalized spacial score (nSPS) is 18.2. The first-order valence-corrected chi connectivity index (χ1v) is 8.72. The first-order valence-electron chi connectivity index (χ1n) is 6.88. The summed E-state index contributed by atoms with van der Waals surface area (Å²) < 4.78 is 34.0. The molecule has 0 amide bonds. The van der Waals surface area contributed by atoms with Crippen LogP contribution in [-0.4, -0.2) is 19.1 Å². The lowest BCUT2D eigenvalue weighted by atomic mass is 9.99. The Morgan fingerprint density at radius 1 is 1.05 bits per heavy atom. The summed E-state index contributed by atoms with van der Waals surface area (Å²) in [6, 6.07) is 8.47. The highest BCUT2D eigenvalue weighted by atomic mass is 32.2. The molecule has 0 radical (unpaired) electrons. The molecule has 1 N–H and O–H groups in total. The van der Waals surface area contributed by atoms with Crippen LogP contribution in [0.5, 0.6) is 0 Å². The lowest BCUT2D eigenvalue weighted by Crippen LogP contribution is -2.11. The van der Waals surface area contributed by atoms with Gasteiger partial charge < -0.3 is 4.55 Å². The molecule has 0 aliphatic heterocycles. The molecule has 1 fully saturated rings. The first-order chi connectivity index (χ1) is 9.74. The van der Waals surface area contributed by atoms with E-state index in [0.717, 1.165) is 12.8 Å². The molecule has 114 valence electrons. The van der Waals surface area contributed by atoms with Gasteiger partial charge in [-0.2, -0.15) is 0 Å². The van der Waals surface area contributed by atoms with E-state index in [2.05, 4.69) is 0 Å². The second kappa shape index (κ2) is 11.1. The Morgan fingerprint density at radius 2 is 1.60 bits per heavy atom. The van der Waals surface area contributed by atoms with E-state index in [1.165, 1.54) is 32.1 Å². The maximum atomic E-state index is 10.3. The number of rotatable bonds is 3. The van der Waals surface area contributed by atoms with Crippen LogP contribution >= 0.6 is 0 Å². The Bertz CT molecular complexity index is 389. The minimum Gasteiger partial charge on any atom is -0.302 e. The molecule has 20 heavy (non-hydrogen) atoms. The zero-order valence-corrected chi connectivity index (χ0v) is 13.2. The van der Waals surface area contributed by atoms with Gasteiger partial charge in [0.1, 0.15) is 11.9 Å². The summed E-state index contributed by atoms with van der Waals surface area (Å²) in [5.41, 5.74) is 0. The summed E-state index contributed by atoms with van der Waals surface area (Å²) >= 11 is -1.98. The average molecular weight is 318 g/mol. The second-order valence-corrected chi connectivity index (χ2v) is 6.04. The molecule has 0 bridgehead atoms. The van der Waals surface area contributed by atoms with Gasteiger partial charge >= 0.3 is 0 Å². The molecule has 1 aliphatic carbocycles. The number of benzene rings is 1. The highest BCUT2D eigenvalue weighted by Crippen LogP contribution is 2.18. The van der Waals surface area contributed by atoms with Crippen molar-refractivity contribution in [1.29, 1.82) is 0 Å². The van der Waals surface area contributed by atoms with Gasteiger partial charge in [0.15, 0.2) is 11.1 Å². The maximum Gasteiger partial charge on any atom is 0.186 e. The molecule has 1 atom stereocenters. The predicted octanol–water partition coefficient (Wildman–Crippen LogP) is 3.24. The highest BCUT2D eigenvalue weighted by molar-refractivity contribution is 7.79. The molecule has 0 heterocycles. The van der Waals surface area contributed by atoms with Crippen LogP contribution in [0.4, 0.5) is 0 Å². The third-order valence-corrected chi connectivity index (χ3v) is 4.25. The molecule has 2 rings (SSSR count). The van der Waals surface area contributed by atoms with Crippen LogP contribution in [0.3, 0.4) is 0 Å². The van der Waals surface area contributed by atoms with Gasteiger partial charge in [-0.3, -0.25) is 4.18 Å². The van der Waals surface area contributed by atoms with Crippen molar-refractivity contribution >= 4 is 23.0 Å². The van der Waals surface area contributed by atoms with Gasteiger partial charge in [-0.25, -0.2) is 8.42 Å². The third kappa shape index (κ3) is 7.89. The molecule has 1 unspecified atom stereocenters. The highest BCUT2D eigenvalue weighted by Gasteiger charge is 2.10. The quantitative estimate of drug-likeness (QED) is 0.663. The Labute approximate surface area is 126 Å². The van der Waals surface area contributed by atoms with Crippen LogP contribution in [0.15, 0.2) is 35.2 Å². The molecule has 1 aromatic carbocycles. The van der Waals surface area contributed by atoms with E-state index in [1.54, 1.807) is 30.3 Å². The molecule has 0 aromatic heterocycles. The van der Waals surface area contributed by atoms with Crippen molar-refractivity contribution in [1.82, 2.24) is 0 Å². The van der Waals surface area contributed by atoms with E-state index in [4.69, 9.17) is 8.74 Å². The van der Waals surface area contributed by atoms with Crippen molar-refractivity contribution in [3.05, 3.63) is 30.3 Å². The first kappa shape index (κ1) is 17.5. The zero-order valence-electron chi connectivity index (χ0n) is 11.4. The molecule has 0 saturated heterocycles. The molecule has 6 heteroatoms. The third-order valence-electron chi connectivity index (χ3n) is 3.19. The Hall–Kier alpha value is -0.560. The summed E-state index contributed by atoms with van der Waals surface area (Å²) in [6.45, 7) is 0. The van der Waals surface area contributed by atoms with Gasteiger partial charge in [-0.1, -0.05) is 50.3 Å². The lowest BCUT2D eigenvalue weighted by molar-refractivity contribution is 0.192. The minimum atomic E-state index is -1.83. The minimum absolute atomic E-state index is 0.146.